The highest BCUT2D eigenvalue weighted by molar-refractivity contribution is 9.10. The van der Waals surface area contributed by atoms with E-state index in [1.807, 2.05) is 6.92 Å². The van der Waals surface area contributed by atoms with Crippen molar-refractivity contribution >= 4 is 49.1 Å². The van der Waals surface area contributed by atoms with Gasteiger partial charge < -0.3 is 11.1 Å². The second kappa shape index (κ2) is 5.71. The smallest absolute Gasteiger partial charge is 0.256 e. The molecule has 1 aromatic carbocycles. The number of hydrogen-bond donors (Lipinski definition) is 2. The number of benzene rings is 1. The van der Waals surface area contributed by atoms with Gasteiger partial charge in [0.1, 0.15) is 4.60 Å². The predicted octanol–water partition coefficient (Wildman–Crippen LogP) is 3.75. The number of amides is 1. The van der Waals surface area contributed by atoms with Crippen LogP contribution in [0.25, 0.3) is 0 Å². The van der Waals surface area contributed by atoms with E-state index >= 15 is 0 Å². The summed E-state index contributed by atoms with van der Waals surface area (Å²) < 4.78 is 1.43. The van der Waals surface area contributed by atoms with Gasteiger partial charge in [0, 0.05) is 10.2 Å². The molecule has 0 bridgehead atoms. The van der Waals surface area contributed by atoms with Crippen molar-refractivity contribution in [2.45, 2.75) is 6.92 Å². The molecule has 0 radical (unpaired) electrons. The van der Waals surface area contributed by atoms with Crippen LogP contribution < -0.4 is 11.1 Å². The number of anilines is 2. The van der Waals surface area contributed by atoms with Crippen LogP contribution in [0.1, 0.15) is 16.1 Å². The van der Waals surface area contributed by atoms with Crippen molar-refractivity contribution in [1.82, 2.24) is 4.98 Å². The minimum Gasteiger partial charge on any atom is -0.399 e. The second-order valence-corrected chi connectivity index (χ2v) is 5.63. The van der Waals surface area contributed by atoms with Crippen molar-refractivity contribution in [3.63, 3.8) is 0 Å². The quantitative estimate of drug-likeness (QED) is 0.612. The van der Waals surface area contributed by atoms with Crippen molar-refractivity contribution < 1.29 is 4.79 Å². The third-order valence-corrected chi connectivity index (χ3v) is 3.67. The van der Waals surface area contributed by atoms with Crippen LogP contribution in [0.4, 0.5) is 11.4 Å². The Kier molecular flexibility index (Phi) is 4.21. The summed E-state index contributed by atoms with van der Waals surface area (Å²) in [5.74, 6) is -0.230. The van der Waals surface area contributed by atoms with Crippen molar-refractivity contribution in [2.75, 3.05) is 11.1 Å². The van der Waals surface area contributed by atoms with Gasteiger partial charge in [-0.2, -0.15) is 0 Å². The molecule has 1 aromatic heterocycles. The van der Waals surface area contributed by atoms with Crippen LogP contribution in [-0.4, -0.2) is 10.9 Å². The van der Waals surface area contributed by atoms with E-state index in [1.54, 1.807) is 30.3 Å². The van der Waals surface area contributed by atoms with E-state index in [1.165, 1.54) is 0 Å². The first-order valence-electron chi connectivity index (χ1n) is 5.47. The molecule has 0 aliphatic rings. The molecule has 2 rings (SSSR count). The SMILES string of the molecule is Cc1nc(Br)ccc1NC(=O)c1cc(N)ccc1Br. The van der Waals surface area contributed by atoms with Crippen molar-refractivity contribution in [1.29, 1.82) is 0 Å². The largest absolute Gasteiger partial charge is 0.399 e. The first-order valence-corrected chi connectivity index (χ1v) is 7.05. The summed E-state index contributed by atoms with van der Waals surface area (Å²) in [6, 6.07) is 8.67. The molecule has 1 amide bonds. The lowest BCUT2D eigenvalue weighted by Crippen LogP contribution is -2.14. The van der Waals surface area contributed by atoms with Crippen LogP contribution in [-0.2, 0) is 0 Å². The van der Waals surface area contributed by atoms with E-state index in [0.29, 0.717) is 21.4 Å². The number of hydrogen-bond acceptors (Lipinski definition) is 3. The molecule has 19 heavy (non-hydrogen) atoms. The first-order chi connectivity index (χ1) is 8.97. The summed E-state index contributed by atoms with van der Waals surface area (Å²) in [6.45, 7) is 1.83. The molecule has 0 aliphatic heterocycles. The Labute approximate surface area is 127 Å². The zero-order valence-electron chi connectivity index (χ0n) is 10.1. The van der Waals surface area contributed by atoms with Gasteiger partial charge in [-0.25, -0.2) is 4.98 Å². The zero-order valence-corrected chi connectivity index (χ0v) is 13.2. The number of halogens is 2. The van der Waals surface area contributed by atoms with E-state index in [-0.39, 0.29) is 5.91 Å². The van der Waals surface area contributed by atoms with Crippen LogP contribution >= 0.6 is 31.9 Å². The van der Waals surface area contributed by atoms with Gasteiger partial charge >= 0.3 is 0 Å². The minimum atomic E-state index is -0.230. The van der Waals surface area contributed by atoms with Crippen LogP contribution in [0, 0.1) is 6.92 Å². The molecule has 98 valence electrons. The van der Waals surface area contributed by atoms with Gasteiger partial charge in [-0.15, -0.1) is 0 Å². The molecule has 0 atom stereocenters. The molecule has 2 aromatic rings. The number of nitrogen functional groups attached to an aromatic ring is 1. The number of rotatable bonds is 2. The summed E-state index contributed by atoms with van der Waals surface area (Å²) in [7, 11) is 0. The predicted molar refractivity (Wildman–Crippen MR) is 83.2 cm³/mol. The summed E-state index contributed by atoms with van der Waals surface area (Å²) in [5, 5.41) is 2.81. The molecule has 0 aliphatic carbocycles. The Morgan fingerprint density at radius 2 is 2.00 bits per heavy atom. The summed E-state index contributed by atoms with van der Waals surface area (Å²) in [4.78, 5) is 16.4. The lowest BCUT2D eigenvalue weighted by atomic mass is 10.2. The monoisotopic (exact) mass is 383 g/mol. The third-order valence-electron chi connectivity index (χ3n) is 2.54. The number of aromatic nitrogens is 1. The first kappa shape index (κ1) is 14.0. The number of aryl methyl sites for hydroxylation is 1. The van der Waals surface area contributed by atoms with Crippen molar-refractivity contribution in [2.24, 2.45) is 0 Å². The average molecular weight is 385 g/mol. The lowest BCUT2D eigenvalue weighted by Gasteiger charge is -2.09. The number of pyridine rings is 1. The molecule has 0 spiro atoms. The number of nitrogens with one attached hydrogen (secondary N) is 1. The van der Waals surface area contributed by atoms with Gasteiger partial charge in [0.15, 0.2) is 0 Å². The highest BCUT2D eigenvalue weighted by Crippen LogP contribution is 2.22. The molecule has 4 nitrogen and oxygen atoms in total. The fourth-order valence-electron chi connectivity index (χ4n) is 1.57. The normalized spacial score (nSPS) is 10.3. The molecular formula is C13H11Br2N3O. The second-order valence-electron chi connectivity index (χ2n) is 3.96. The van der Waals surface area contributed by atoms with E-state index in [9.17, 15) is 4.79 Å². The van der Waals surface area contributed by atoms with Crippen LogP contribution in [0.15, 0.2) is 39.4 Å². The topological polar surface area (TPSA) is 68.0 Å². The maximum Gasteiger partial charge on any atom is 0.256 e. The van der Waals surface area contributed by atoms with Gasteiger partial charge in [-0.1, -0.05) is 0 Å². The number of nitrogens with zero attached hydrogens (tertiary/aromatic N) is 1. The fraction of sp³-hybridized carbons (Fsp3) is 0.0769. The summed E-state index contributed by atoms with van der Waals surface area (Å²) in [5.41, 5.74) is 8.13. The Balaban J connectivity index is 2.28. The van der Waals surface area contributed by atoms with Gasteiger partial charge in [0.25, 0.3) is 5.91 Å². The van der Waals surface area contributed by atoms with E-state index < -0.39 is 0 Å². The minimum absolute atomic E-state index is 0.230. The van der Waals surface area contributed by atoms with E-state index in [4.69, 9.17) is 5.73 Å². The molecule has 0 fully saturated rings. The lowest BCUT2D eigenvalue weighted by molar-refractivity contribution is 0.102. The maximum absolute atomic E-state index is 12.2. The van der Waals surface area contributed by atoms with Crippen molar-refractivity contribution in [3.8, 4) is 0 Å². The molecule has 0 saturated heterocycles. The molecule has 1 heterocycles. The summed E-state index contributed by atoms with van der Waals surface area (Å²) in [6.07, 6.45) is 0. The van der Waals surface area contributed by atoms with E-state index in [2.05, 4.69) is 42.2 Å². The Bertz CT molecular complexity index is 644. The Morgan fingerprint density at radius 1 is 1.26 bits per heavy atom. The number of carbonyl (C=O) groups excluding carboxylic acids is 1. The van der Waals surface area contributed by atoms with Gasteiger partial charge in [-0.05, 0) is 69.1 Å². The Hall–Kier alpha value is -1.40. The van der Waals surface area contributed by atoms with Crippen LogP contribution in [0.5, 0.6) is 0 Å². The molecule has 6 heteroatoms. The zero-order chi connectivity index (χ0) is 14.0. The highest BCUT2D eigenvalue weighted by atomic mass is 79.9. The van der Waals surface area contributed by atoms with Crippen molar-refractivity contribution in [3.05, 3.63) is 50.7 Å². The number of nitrogens with two attached hydrogens (primary N) is 1. The Morgan fingerprint density at radius 3 is 2.68 bits per heavy atom. The van der Waals surface area contributed by atoms with Gasteiger partial charge in [-0.3, -0.25) is 4.79 Å². The highest BCUT2D eigenvalue weighted by Gasteiger charge is 2.12. The maximum atomic E-state index is 12.2. The van der Waals surface area contributed by atoms with Gasteiger partial charge in [0.2, 0.25) is 0 Å². The van der Waals surface area contributed by atoms with E-state index in [0.717, 1.165) is 10.3 Å². The standard InChI is InChI=1S/C13H11Br2N3O/c1-7-11(4-5-12(15)17-7)18-13(19)9-6-8(16)2-3-10(9)14/h2-6H,16H2,1H3,(H,18,19). The molecule has 0 unspecified atom stereocenters. The summed E-state index contributed by atoms with van der Waals surface area (Å²) >= 11 is 6.62. The molecule has 3 N–H and O–H groups in total. The van der Waals surface area contributed by atoms with Crippen LogP contribution in [0.3, 0.4) is 0 Å². The van der Waals surface area contributed by atoms with Crippen LogP contribution in [0.2, 0.25) is 0 Å². The number of carbonyl (C=O) groups is 1. The average Bonchev–Trinajstić information content (AvgIpc) is 2.35. The fourth-order valence-corrected chi connectivity index (χ4v) is 2.39. The molecule has 0 saturated carbocycles. The van der Waals surface area contributed by atoms with Gasteiger partial charge in [0.05, 0.1) is 16.9 Å². The third kappa shape index (κ3) is 3.33. The molecular weight excluding hydrogens is 374 g/mol.